The van der Waals surface area contributed by atoms with Crippen LogP contribution in [0.1, 0.15) is 40.8 Å². The highest BCUT2D eigenvalue weighted by atomic mass is 16.5. The maximum absolute atomic E-state index is 6.35. The van der Waals surface area contributed by atoms with Gasteiger partial charge in [0.25, 0.3) is 0 Å². The van der Waals surface area contributed by atoms with Crippen LogP contribution >= 0.6 is 0 Å². The highest BCUT2D eigenvalue weighted by Gasteiger charge is 2.28. The molecule has 2 aliphatic rings. The van der Waals surface area contributed by atoms with E-state index in [0.717, 1.165) is 36.5 Å². The van der Waals surface area contributed by atoms with Gasteiger partial charge in [-0.05, 0) is 36.2 Å². The number of hydrogen-bond acceptors (Lipinski definition) is 3. The van der Waals surface area contributed by atoms with Gasteiger partial charge in [0.2, 0.25) is 0 Å². The van der Waals surface area contributed by atoms with Gasteiger partial charge in [-0.25, -0.2) is 0 Å². The zero-order valence-corrected chi connectivity index (χ0v) is 12.1. The Labute approximate surface area is 124 Å². The minimum Gasteiger partial charge on any atom is -0.493 e. The third-order valence-electron chi connectivity index (χ3n) is 4.39. The van der Waals surface area contributed by atoms with Crippen molar-refractivity contribution in [3.63, 3.8) is 0 Å². The van der Waals surface area contributed by atoms with Crippen LogP contribution in [0.15, 0.2) is 36.4 Å². The lowest BCUT2D eigenvalue weighted by atomic mass is 9.92. The molecule has 0 saturated heterocycles. The molecule has 0 saturated carbocycles. The SMILES string of the molecule is Cc1ccc2c(c1)[C@H](N)CC(c1ccc3c(c1)CCO3)O2. The number of hydrogen-bond donors (Lipinski definition) is 1. The summed E-state index contributed by atoms with van der Waals surface area (Å²) >= 11 is 0. The van der Waals surface area contributed by atoms with Crippen LogP contribution in [-0.2, 0) is 6.42 Å². The predicted octanol–water partition coefficient (Wildman–Crippen LogP) is 3.45. The van der Waals surface area contributed by atoms with E-state index in [-0.39, 0.29) is 12.1 Å². The lowest BCUT2D eigenvalue weighted by Gasteiger charge is -2.31. The van der Waals surface area contributed by atoms with Crippen molar-refractivity contribution in [1.29, 1.82) is 0 Å². The maximum atomic E-state index is 6.35. The zero-order valence-electron chi connectivity index (χ0n) is 12.1. The fourth-order valence-electron chi connectivity index (χ4n) is 3.23. The van der Waals surface area contributed by atoms with Crippen LogP contribution in [0.3, 0.4) is 0 Å². The molecule has 0 spiro atoms. The summed E-state index contributed by atoms with van der Waals surface area (Å²) in [5.74, 6) is 1.93. The van der Waals surface area contributed by atoms with Crippen molar-refractivity contribution in [3.8, 4) is 11.5 Å². The molecule has 2 N–H and O–H groups in total. The summed E-state index contributed by atoms with van der Waals surface area (Å²) in [4.78, 5) is 0. The van der Waals surface area contributed by atoms with Crippen molar-refractivity contribution in [2.24, 2.45) is 5.73 Å². The zero-order chi connectivity index (χ0) is 14.4. The van der Waals surface area contributed by atoms with Gasteiger partial charge >= 0.3 is 0 Å². The van der Waals surface area contributed by atoms with E-state index in [0.29, 0.717) is 0 Å². The van der Waals surface area contributed by atoms with Crippen molar-refractivity contribution < 1.29 is 9.47 Å². The van der Waals surface area contributed by atoms with Gasteiger partial charge in [-0.3, -0.25) is 0 Å². The molecule has 0 amide bonds. The summed E-state index contributed by atoms with van der Waals surface area (Å²) < 4.78 is 11.7. The van der Waals surface area contributed by atoms with Gasteiger partial charge in [0.1, 0.15) is 17.6 Å². The summed E-state index contributed by atoms with van der Waals surface area (Å²) in [6.45, 7) is 2.87. The highest BCUT2D eigenvalue weighted by molar-refractivity contribution is 5.44. The van der Waals surface area contributed by atoms with Crippen LogP contribution in [0.5, 0.6) is 11.5 Å². The van der Waals surface area contributed by atoms with Crippen molar-refractivity contribution in [3.05, 3.63) is 58.7 Å². The lowest BCUT2D eigenvalue weighted by Crippen LogP contribution is -2.24. The Morgan fingerprint density at radius 3 is 2.86 bits per heavy atom. The number of benzene rings is 2. The molecule has 2 aromatic rings. The van der Waals surface area contributed by atoms with Gasteiger partial charge in [0, 0.05) is 24.4 Å². The molecule has 2 aromatic carbocycles. The molecule has 0 bridgehead atoms. The van der Waals surface area contributed by atoms with Gasteiger partial charge in [-0.2, -0.15) is 0 Å². The molecule has 0 radical (unpaired) electrons. The second kappa shape index (κ2) is 4.78. The number of ether oxygens (including phenoxy) is 2. The second-order valence-electron chi connectivity index (χ2n) is 5.96. The first-order chi connectivity index (χ1) is 10.2. The minimum absolute atomic E-state index is 0.0288. The van der Waals surface area contributed by atoms with Crippen LogP contribution in [0, 0.1) is 6.92 Å². The first-order valence-electron chi connectivity index (χ1n) is 7.49. The average Bonchev–Trinajstić information content (AvgIpc) is 2.95. The summed E-state index contributed by atoms with van der Waals surface area (Å²) in [7, 11) is 0. The van der Waals surface area contributed by atoms with E-state index in [4.69, 9.17) is 15.2 Å². The summed E-state index contributed by atoms with van der Waals surface area (Å²) in [5, 5.41) is 0. The molecule has 2 heterocycles. The molecule has 3 heteroatoms. The van der Waals surface area contributed by atoms with E-state index in [1.807, 2.05) is 6.07 Å². The van der Waals surface area contributed by atoms with Gasteiger partial charge in [-0.1, -0.05) is 23.8 Å². The third kappa shape index (κ3) is 2.18. The minimum atomic E-state index is 0.0288. The van der Waals surface area contributed by atoms with Gasteiger partial charge in [0.05, 0.1) is 6.61 Å². The Morgan fingerprint density at radius 1 is 1.10 bits per heavy atom. The molecule has 21 heavy (non-hydrogen) atoms. The molecular formula is C18H19NO2. The first-order valence-corrected chi connectivity index (χ1v) is 7.49. The standard InChI is InChI=1S/C18H19NO2/c1-11-2-4-17-14(8-11)15(19)10-18(21-17)12-3-5-16-13(9-12)6-7-20-16/h2-5,8-9,15,18H,6-7,10,19H2,1H3/t15-,18?/m1/s1. The van der Waals surface area contributed by atoms with E-state index >= 15 is 0 Å². The van der Waals surface area contributed by atoms with Crippen molar-refractivity contribution in [2.45, 2.75) is 31.9 Å². The Balaban J connectivity index is 1.67. The van der Waals surface area contributed by atoms with Crippen LogP contribution in [-0.4, -0.2) is 6.61 Å². The van der Waals surface area contributed by atoms with Crippen LogP contribution in [0.4, 0.5) is 0 Å². The number of nitrogens with two attached hydrogens (primary N) is 1. The fraction of sp³-hybridized carbons (Fsp3) is 0.333. The number of fused-ring (bicyclic) bond motifs is 2. The van der Waals surface area contributed by atoms with Gasteiger partial charge in [-0.15, -0.1) is 0 Å². The fourth-order valence-corrected chi connectivity index (χ4v) is 3.23. The van der Waals surface area contributed by atoms with Gasteiger partial charge < -0.3 is 15.2 Å². The van der Waals surface area contributed by atoms with Crippen LogP contribution < -0.4 is 15.2 Å². The van der Waals surface area contributed by atoms with Crippen molar-refractivity contribution >= 4 is 0 Å². The third-order valence-corrected chi connectivity index (χ3v) is 4.39. The number of rotatable bonds is 1. The van der Waals surface area contributed by atoms with Crippen LogP contribution in [0.2, 0.25) is 0 Å². The molecule has 0 aromatic heterocycles. The van der Waals surface area contributed by atoms with E-state index in [9.17, 15) is 0 Å². The molecule has 0 fully saturated rings. The van der Waals surface area contributed by atoms with Crippen molar-refractivity contribution in [2.75, 3.05) is 6.61 Å². The Morgan fingerprint density at radius 2 is 1.95 bits per heavy atom. The normalized spacial score (nSPS) is 23.0. The average molecular weight is 281 g/mol. The van der Waals surface area contributed by atoms with E-state index < -0.39 is 0 Å². The molecule has 0 aliphatic carbocycles. The number of aryl methyl sites for hydroxylation is 1. The highest BCUT2D eigenvalue weighted by Crippen LogP contribution is 2.41. The lowest BCUT2D eigenvalue weighted by molar-refractivity contribution is 0.161. The molecule has 108 valence electrons. The van der Waals surface area contributed by atoms with E-state index in [2.05, 4.69) is 37.3 Å². The molecule has 3 nitrogen and oxygen atoms in total. The monoisotopic (exact) mass is 281 g/mol. The van der Waals surface area contributed by atoms with Crippen molar-refractivity contribution in [1.82, 2.24) is 0 Å². The topological polar surface area (TPSA) is 44.5 Å². The van der Waals surface area contributed by atoms with E-state index in [1.165, 1.54) is 16.7 Å². The second-order valence-corrected chi connectivity index (χ2v) is 5.96. The summed E-state index contributed by atoms with van der Waals surface area (Å²) in [6.07, 6.45) is 1.83. The quantitative estimate of drug-likeness (QED) is 0.870. The Bertz CT molecular complexity index is 696. The predicted molar refractivity (Wildman–Crippen MR) is 81.7 cm³/mol. The molecule has 2 atom stereocenters. The smallest absolute Gasteiger partial charge is 0.126 e. The molecule has 1 unspecified atom stereocenters. The van der Waals surface area contributed by atoms with Gasteiger partial charge in [0.15, 0.2) is 0 Å². The van der Waals surface area contributed by atoms with E-state index in [1.54, 1.807) is 0 Å². The Kier molecular flexibility index (Phi) is 2.89. The maximum Gasteiger partial charge on any atom is 0.126 e. The molecule has 4 rings (SSSR count). The molecule has 2 aliphatic heterocycles. The molecular weight excluding hydrogens is 262 g/mol. The summed E-state index contributed by atoms with van der Waals surface area (Å²) in [6, 6.07) is 12.6. The Hall–Kier alpha value is -2.00. The largest absolute Gasteiger partial charge is 0.493 e. The summed E-state index contributed by atoms with van der Waals surface area (Å²) in [5.41, 5.74) is 11.2. The first kappa shape index (κ1) is 12.7. The van der Waals surface area contributed by atoms with Crippen LogP contribution in [0.25, 0.3) is 0 Å².